The standard InChI is InChI=1S/C16H20N2O2S/c19-15-14-8-4-9-17(14)16(20)18(15)10-5-11-21-12-13-6-2-1-3-7-13/h1-3,6-7,14H,4-5,8-12H2/t14-/m1/s1. The highest BCUT2D eigenvalue weighted by Crippen LogP contribution is 2.27. The van der Waals surface area contributed by atoms with Crippen LogP contribution in [0, 0.1) is 0 Å². The first-order valence-corrected chi connectivity index (χ1v) is 8.66. The van der Waals surface area contributed by atoms with Gasteiger partial charge < -0.3 is 4.90 Å². The molecule has 0 saturated carbocycles. The number of benzene rings is 1. The molecule has 4 nitrogen and oxygen atoms in total. The topological polar surface area (TPSA) is 40.6 Å². The van der Waals surface area contributed by atoms with Crippen molar-refractivity contribution in [2.75, 3.05) is 18.8 Å². The molecule has 21 heavy (non-hydrogen) atoms. The molecule has 0 aromatic heterocycles. The van der Waals surface area contributed by atoms with E-state index in [0.29, 0.717) is 6.54 Å². The van der Waals surface area contributed by atoms with E-state index in [1.165, 1.54) is 10.5 Å². The third kappa shape index (κ3) is 3.07. The van der Waals surface area contributed by atoms with Gasteiger partial charge >= 0.3 is 6.03 Å². The molecule has 0 aliphatic carbocycles. The van der Waals surface area contributed by atoms with Gasteiger partial charge in [0.15, 0.2) is 0 Å². The van der Waals surface area contributed by atoms with E-state index < -0.39 is 0 Å². The maximum atomic E-state index is 12.1. The van der Waals surface area contributed by atoms with Gasteiger partial charge in [-0.25, -0.2) is 4.79 Å². The fourth-order valence-electron chi connectivity index (χ4n) is 2.98. The smallest absolute Gasteiger partial charge is 0.312 e. The summed E-state index contributed by atoms with van der Waals surface area (Å²) in [4.78, 5) is 27.4. The Morgan fingerprint density at radius 2 is 2.00 bits per heavy atom. The van der Waals surface area contributed by atoms with E-state index >= 15 is 0 Å². The number of hydrogen-bond donors (Lipinski definition) is 0. The Bertz CT molecular complexity index is 498. The van der Waals surface area contributed by atoms with Gasteiger partial charge in [-0.2, -0.15) is 11.8 Å². The molecule has 2 heterocycles. The second kappa shape index (κ2) is 6.52. The first kappa shape index (κ1) is 14.4. The van der Waals surface area contributed by atoms with Crippen molar-refractivity contribution in [2.24, 2.45) is 0 Å². The number of imide groups is 1. The summed E-state index contributed by atoms with van der Waals surface area (Å²) in [7, 11) is 0. The molecular weight excluding hydrogens is 284 g/mol. The molecule has 0 spiro atoms. The molecule has 1 aromatic rings. The lowest BCUT2D eigenvalue weighted by Gasteiger charge is -2.15. The van der Waals surface area contributed by atoms with Crippen molar-refractivity contribution in [1.29, 1.82) is 0 Å². The Labute approximate surface area is 129 Å². The van der Waals surface area contributed by atoms with Crippen LogP contribution in [0.15, 0.2) is 30.3 Å². The first-order valence-electron chi connectivity index (χ1n) is 7.51. The molecule has 0 unspecified atom stereocenters. The highest BCUT2D eigenvalue weighted by molar-refractivity contribution is 7.98. The lowest BCUT2D eigenvalue weighted by molar-refractivity contribution is -0.127. The van der Waals surface area contributed by atoms with Crippen LogP contribution in [0.3, 0.4) is 0 Å². The third-order valence-electron chi connectivity index (χ3n) is 4.06. The van der Waals surface area contributed by atoms with Crippen LogP contribution in [-0.4, -0.2) is 46.6 Å². The maximum Gasteiger partial charge on any atom is 0.327 e. The van der Waals surface area contributed by atoms with Gasteiger partial charge in [0.2, 0.25) is 0 Å². The van der Waals surface area contributed by atoms with Crippen molar-refractivity contribution >= 4 is 23.7 Å². The number of thioether (sulfide) groups is 1. The number of hydrogen-bond acceptors (Lipinski definition) is 3. The van der Waals surface area contributed by atoms with Crippen molar-refractivity contribution in [1.82, 2.24) is 9.80 Å². The molecule has 3 amide bonds. The lowest BCUT2D eigenvalue weighted by Crippen LogP contribution is -2.34. The lowest BCUT2D eigenvalue weighted by atomic mass is 10.2. The van der Waals surface area contributed by atoms with Gasteiger partial charge in [-0.1, -0.05) is 30.3 Å². The molecule has 1 atom stereocenters. The molecule has 1 aromatic carbocycles. The van der Waals surface area contributed by atoms with Gasteiger partial charge in [-0.05, 0) is 30.6 Å². The molecule has 0 bridgehead atoms. The van der Waals surface area contributed by atoms with E-state index in [1.807, 2.05) is 30.0 Å². The number of carbonyl (C=O) groups is 2. The second-order valence-electron chi connectivity index (χ2n) is 5.52. The van der Waals surface area contributed by atoms with Gasteiger partial charge in [0.25, 0.3) is 5.91 Å². The summed E-state index contributed by atoms with van der Waals surface area (Å²) in [6, 6.07) is 10.1. The van der Waals surface area contributed by atoms with E-state index in [0.717, 1.165) is 37.3 Å². The number of fused-ring (bicyclic) bond motifs is 1. The van der Waals surface area contributed by atoms with Crippen LogP contribution < -0.4 is 0 Å². The second-order valence-corrected chi connectivity index (χ2v) is 6.62. The van der Waals surface area contributed by atoms with Crippen LogP contribution >= 0.6 is 11.8 Å². The Morgan fingerprint density at radius 1 is 1.19 bits per heavy atom. The van der Waals surface area contributed by atoms with Crippen molar-refractivity contribution in [3.63, 3.8) is 0 Å². The molecule has 2 aliphatic heterocycles. The highest BCUT2D eigenvalue weighted by atomic mass is 32.2. The predicted octanol–water partition coefficient (Wildman–Crippen LogP) is 2.74. The van der Waals surface area contributed by atoms with Crippen molar-refractivity contribution in [2.45, 2.75) is 31.1 Å². The van der Waals surface area contributed by atoms with E-state index in [4.69, 9.17) is 0 Å². The number of carbonyl (C=O) groups excluding carboxylic acids is 2. The van der Waals surface area contributed by atoms with Crippen molar-refractivity contribution in [3.05, 3.63) is 35.9 Å². The fraction of sp³-hybridized carbons (Fsp3) is 0.500. The Hall–Kier alpha value is -1.49. The quantitative estimate of drug-likeness (QED) is 0.599. The van der Waals surface area contributed by atoms with Gasteiger partial charge in [0, 0.05) is 18.8 Å². The van der Waals surface area contributed by atoms with E-state index in [9.17, 15) is 9.59 Å². The van der Waals surface area contributed by atoms with Gasteiger partial charge in [0.1, 0.15) is 6.04 Å². The fourth-order valence-corrected chi connectivity index (χ4v) is 3.88. The van der Waals surface area contributed by atoms with Crippen LogP contribution in [0.25, 0.3) is 0 Å². The molecule has 0 N–H and O–H groups in total. The van der Waals surface area contributed by atoms with Crippen LogP contribution in [0.1, 0.15) is 24.8 Å². The molecule has 2 saturated heterocycles. The van der Waals surface area contributed by atoms with Crippen LogP contribution in [0.4, 0.5) is 4.79 Å². The molecule has 112 valence electrons. The zero-order valence-electron chi connectivity index (χ0n) is 12.0. The normalized spacial score (nSPS) is 21.2. The SMILES string of the molecule is O=C1[C@H]2CCCN2C(=O)N1CCCSCc1ccccc1. The summed E-state index contributed by atoms with van der Waals surface area (Å²) >= 11 is 1.85. The highest BCUT2D eigenvalue weighted by Gasteiger charge is 2.46. The summed E-state index contributed by atoms with van der Waals surface area (Å²) in [6.07, 6.45) is 2.67. The zero-order chi connectivity index (χ0) is 14.7. The van der Waals surface area contributed by atoms with E-state index in [1.54, 1.807) is 4.90 Å². The summed E-state index contributed by atoms with van der Waals surface area (Å²) in [5.41, 5.74) is 1.32. The van der Waals surface area contributed by atoms with Crippen molar-refractivity contribution in [3.8, 4) is 0 Å². The summed E-state index contributed by atoms with van der Waals surface area (Å²) in [5, 5.41) is 0. The molecular formula is C16H20N2O2S. The molecule has 0 radical (unpaired) electrons. The molecule has 2 fully saturated rings. The molecule has 5 heteroatoms. The number of amides is 3. The predicted molar refractivity (Wildman–Crippen MR) is 84.1 cm³/mol. The van der Waals surface area contributed by atoms with E-state index in [-0.39, 0.29) is 18.0 Å². The van der Waals surface area contributed by atoms with E-state index in [2.05, 4.69) is 12.1 Å². The minimum atomic E-state index is -0.158. The van der Waals surface area contributed by atoms with Crippen LogP contribution in [-0.2, 0) is 10.5 Å². The van der Waals surface area contributed by atoms with Gasteiger partial charge in [-0.15, -0.1) is 0 Å². The number of urea groups is 1. The number of nitrogens with zero attached hydrogens (tertiary/aromatic N) is 2. The Balaban J connectivity index is 1.40. The van der Waals surface area contributed by atoms with Crippen LogP contribution in [0.5, 0.6) is 0 Å². The number of rotatable bonds is 6. The van der Waals surface area contributed by atoms with Crippen LogP contribution in [0.2, 0.25) is 0 Å². The summed E-state index contributed by atoms with van der Waals surface area (Å²) in [5.74, 6) is 1.97. The monoisotopic (exact) mass is 304 g/mol. The average molecular weight is 304 g/mol. The Morgan fingerprint density at radius 3 is 2.76 bits per heavy atom. The van der Waals surface area contributed by atoms with Gasteiger partial charge in [0.05, 0.1) is 0 Å². The summed E-state index contributed by atoms with van der Waals surface area (Å²) in [6.45, 7) is 1.31. The molecule has 2 aliphatic rings. The average Bonchev–Trinajstić information content (AvgIpc) is 3.07. The van der Waals surface area contributed by atoms with Crippen molar-refractivity contribution < 1.29 is 9.59 Å². The molecule has 3 rings (SSSR count). The third-order valence-corrected chi connectivity index (χ3v) is 5.18. The largest absolute Gasteiger partial charge is 0.327 e. The first-order chi connectivity index (χ1) is 10.3. The minimum Gasteiger partial charge on any atom is -0.312 e. The maximum absolute atomic E-state index is 12.1. The Kier molecular flexibility index (Phi) is 4.48. The summed E-state index contributed by atoms with van der Waals surface area (Å²) < 4.78 is 0. The van der Waals surface area contributed by atoms with Gasteiger partial charge in [-0.3, -0.25) is 9.69 Å². The minimum absolute atomic E-state index is 0.0190. The zero-order valence-corrected chi connectivity index (χ0v) is 12.8.